The molecule has 2 aromatic carbocycles. The number of para-hydroxylation sites is 1. The first-order valence-electron chi connectivity index (χ1n) is 6.69. The molecule has 0 radical (unpaired) electrons. The smallest absolute Gasteiger partial charge is 0.363 e. The highest BCUT2D eigenvalue weighted by Crippen LogP contribution is 2.27. The standard InChI is InChI=1S/C17H11Cl2NO3/c1-22-15-5-3-2-4-11(15)16-20-14(17(21)23-16)9-10-6-7-12(18)13(19)8-10/h2-9H,1H3/b14-9+. The Hall–Kier alpha value is -2.30. The summed E-state index contributed by atoms with van der Waals surface area (Å²) in [5, 5.41) is 0.849. The minimum Gasteiger partial charge on any atom is -0.496 e. The third-order valence-electron chi connectivity index (χ3n) is 3.20. The summed E-state index contributed by atoms with van der Waals surface area (Å²) < 4.78 is 10.5. The van der Waals surface area contributed by atoms with Crippen molar-refractivity contribution in [3.05, 3.63) is 69.3 Å². The molecule has 2 aromatic rings. The van der Waals surface area contributed by atoms with E-state index in [-0.39, 0.29) is 11.6 Å². The molecule has 0 unspecified atom stereocenters. The number of ether oxygens (including phenoxy) is 2. The highest BCUT2D eigenvalue weighted by molar-refractivity contribution is 6.42. The van der Waals surface area contributed by atoms with E-state index in [0.29, 0.717) is 26.9 Å². The fraction of sp³-hybridized carbons (Fsp3) is 0.0588. The summed E-state index contributed by atoms with van der Waals surface area (Å²) in [5.74, 6) is 0.255. The molecule has 3 rings (SSSR count). The molecule has 23 heavy (non-hydrogen) atoms. The van der Waals surface area contributed by atoms with Gasteiger partial charge in [0.05, 0.1) is 22.7 Å². The monoisotopic (exact) mass is 347 g/mol. The summed E-state index contributed by atoms with van der Waals surface area (Å²) in [7, 11) is 1.54. The van der Waals surface area contributed by atoms with Crippen molar-refractivity contribution >= 4 is 41.1 Å². The number of rotatable bonds is 3. The van der Waals surface area contributed by atoms with E-state index < -0.39 is 5.97 Å². The van der Waals surface area contributed by atoms with Gasteiger partial charge >= 0.3 is 5.97 Å². The van der Waals surface area contributed by atoms with Gasteiger partial charge in [0, 0.05) is 0 Å². The molecule has 0 aliphatic carbocycles. The maximum absolute atomic E-state index is 12.0. The molecule has 0 aromatic heterocycles. The van der Waals surface area contributed by atoms with E-state index in [2.05, 4.69) is 4.99 Å². The number of nitrogens with zero attached hydrogens (tertiary/aromatic N) is 1. The van der Waals surface area contributed by atoms with Crippen LogP contribution in [0.5, 0.6) is 5.75 Å². The Bertz CT molecular complexity index is 843. The van der Waals surface area contributed by atoms with E-state index in [4.69, 9.17) is 32.7 Å². The maximum Gasteiger partial charge on any atom is 0.363 e. The number of carbonyl (C=O) groups is 1. The Morgan fingerprint density at radius 1 is 1.13 bits per heavy atom. The lowest BCUT2D eigenvalue weighted by Gasteiger charge is -2.05. The molecule has 0 spiro atoms. The van der Waals surface area contributed by atoms with Crippen molar-refractivity contribution in [2.24, 2.45) is 4.99 Å². The fourth-order valence-electron chi connectivity index (χ4n) is 2.11. The van der Waals surface area contributed by atoms with Crippen LogP contribution in [0.2, 0.25) is 10.0 Å². The minimum absolute atomic E-state index is 0.185. The van der Waals surface area contributed by atoms with E-state index in [0.717, 1.165) is 0 Å². The molecule has 0 atom stereocenters. The lowest BCUT2D eigenvalue weighted by Crippen LogP contribution is -2.06. The third-order valence-corrected chi connectivity index (χ3v) is 3.94. The number of esters is 1. The zero-order valence-electron chi connectivity index (χ0n) is 12.0. The quantitative estimate of drug-likeness (QED) is 0.612. The third kappa shape index (κ3) is 3.23. The average molecular weight is 348 g/mol. The van der Waals surface area contributed by atoms with Crippen molar-refractivity contribution in [3.8, 4) is 5.75 Å². The van der Waals surface area contributed by atoms with Crippen molar-refractivity contribution in [2.45, 2.75) is 0 Å². The molecular weight excluding hydrogens is 337 g/mol. The van der Waals surface area contributed by atoms with Crippen LogP contribution in [-0.4, -0.2) is 19.0 Å². The van der Waals surface area contributed by atoms with Crippen molar-refractivity contribution < 1.29 is 14.3 Å². The second-order valence-corrected chi connectivity index (χ2v) is 5.52. The van der Waals surface area contributed by atoms with Gasteiger partial charge in [0.15, 0.2) is 5.70 Å². The normalized spacial score (nSPS) is 15.5. The molecule has 1 aliphatic heterocycles. The first-order valence-corrected chi connectivity index (χ1v) is 7.45. The highest BCUT2D eigenvalue weighted by atomic mass is 35.5. The van der Waals surface area contributed by atoms with E-state index in [1.165, 1.54) is 0 Å². The van der Waals surface area contributed by atoms with Gasteiger partial charge in [0.1, 0.15) is 5.75 Å². The van der Waals surface area contributed by atoms with Crippen LogP contribution < -0.4 is 4.74 Å². The largest absolute Gasteiger partial charge is 0.496 e. The molecule has 0 fully saturated rings. The van der Waals surface area contributed by atoms with Crippen molar-refractivity contribution in [1.82, 2.24) is 0 Å². The number of aliphatic imine (C=N–C) groups is 1. The number of halogens is 2. The molecule has 0 N–H and O–H groups in total. The van der Waals surface area contributed by atoms with Crippen LogP contribution >= 0.6 is 23.2 Å². The van der Waals surface area contributed by atoms with Crippen LogP contribution in [0.15, 0.2) is 53.2 Å². The van der Waals surface area contributed by atoms with Gasteiger partial charge in [-0.3, -0.25) is 0 Å². The minimum atomic E-state index is -0.531. The van der Waals surface area contributed by atoms with E-state index in [1.54, 1.807) is 43.5 Å². The molecular formula is C17H11Cl2NO3. The van der Waals surface area contributed by atoms with Crippen molar-refractivity contribution in [2.75, 3.05) is 7.11 Å². The number of benzene rings is 2. The van der Waals surface area contributed by atoms with Crippen molar-refractivity contribution in [1.29, 1.82) is 0 Å². The molecule has 1 aliphatic rings. The Labute approximate surface area is 143 Å². The molecule has 0 saturated carbocycles. The molecule has 0 saturated heterocycles. The summed E-state index contributed by atoms with van der Waals surface area (Å²) in [5.41, 5.74) is 1.50. The van der Waals surface area contributed by atoms with E-state index in [9.17, 15) is 4.79 Å². The lowest BCUT2D eigenvalue weighted by molar-refractivity contribution is -0.129. The lowest BCUT2D eigenvalue weighted by atomic mass is 10.2. The zero-order valence-corrected chi connectivity index (χ0v) is 13.6. The molecule has 4 nitrogen and oxygen atoms in total. The molecule has 116 valence electrons. The van der Waals surface area contributed by atoms with Gasteiger partial charge in [-0.1, -0.05) is 41.4 Å². The Kier molecular flexibility index (Phi) is 4.37. The number of methoxy groups -OCH3 is 1. The summed E-state index contributed by atoms with van der Waals surface area (Å²) in [6.07, 6.45) is 1.59. The highest BCUT2D eigenvalue weighted by Gasteiger charge is 2.26. The van der Waals surface area contributed by atoms with Gasteiger partial charge in [-0.05, 0) is 35.9 Å². The van der Waals surface area contributed by atoms with Gasteiger partial charge in [0.2, 0.25) is 5.90 Å². The number of cyclic esters (lactones) is 1. The SMILES string of the molecule is COc1ccccc1C1=N/C(=C/c2ccc(Cl)c(Cl)c2)C(=O)O1. The second-order valence-electron chi connectivity index (χ2n) is 4.71. The maximum atomic E-state index is 12.0. The predicted molar refractivity (Wildman–Crippen MR) is 90.1 cm³/mol. The second kappa shape index (κ2) is 6.44. The number of hydrogen-bond donors (Lipinski definition) is 0. The van der Waals surface area contributed by atoms with Gasteiger partial charge in [-0.25, -0.2) is 9.79 Å². The Morgan fingerprint density at radius 2 is 1.91 bits per heavy atom. The van der Waals surface area contributed by atoms with Crippen LogP contribution in [0.3, 0.4) is 0 Å². The summed E-state index contributed by atoms with van der Waals surface area (Å²) in [6.45, 7) is 0. The fourth-order valence-corrected chi connectivity index (χ4v) is 2.41. The van der Waals surface area contributed by atoms with Crippen molar-refractivity contribution in [3.63, 3.8) is 0 Å². The van der Waals surface area contributed by atoms with Gasteiger partial charge in [-0.15, -0.1) is 0 Å². The van der Waals surface area contributed by atoms with Crippen LogP contribution in [0.25, 0.3) is 6.08 Å². The first kappa shape index (κ1) is 15.6. The molecule has 0 amide bonds. The van der Waals surface area contributed by atoms with Crippen LogP contribution in [0.4, 0.5) is 0 Å². The van der Waals surface area contributed by atoms with E-state index in [1.807, 2.05) is 12.1 Å². The Morgan fingerprint density at radius 3 is 2.65 bits per heavy atom. The van der Waals surface area contributed by atoms with Crippen LogP contribution in [0, 0.1) is 0 Å². The summed E-state index contributed by atoms with van der Waals surface area (Å²) >= 11 is 11.8. The number of carbonyl (C=O) groups excluding carboxylic acids is 1. The van der Waals surface area contributed by atoms with Gasteiger partial charge in [0.25, 0.3) is 0 Å². The zero-order chi connectivity index (χ0) is 16.4. The van der Waals surface area contributed by atoms with Gasteiger partial charge in [-0.2, -0.15) is 0 Å². The topological polar surface area (TPSA) is 47.9 Å². The Balaban J connectivity index is 1.98. The van der Waals surface area contributed by atoms with Crippen LogP contribution in [0.1, 0.15) is 11.1 Å². The molecule has 6 heteroatoms. The number of hydrogen-bond acceptors (Lipinski definition) is 4. The van der Waals surface area contributed by atoms with Crippen LogP contribution in [-0.2, 0) is 9.53 Å². The van der Waals surface area contributed by atoms with E-state index >= 15 is 0 Å². The predicted octanol–water partition coefficient (Wildman–Crippen LogP) is 4.35. The van der Waals surface area contributed by atoms with Gasteiger partial charge < -0.3 is 9.47 Å². The summed E-state index contributed by atoms with van der Waals surface area (Å²) in [4.78, 5) is 16.3. The summed E-state index contributed by atoms with van der Waals surface area (Å²) in [6, 6.07) is 12.2. The molecule has 0 bridgehead atoms. The molecule has 1 heterocycles. The first-order chi connectivity index (χ1) is 11.1. The average Bonchev–Trinajstić information content (AvgIpc) is 2.91.